The van der Waals surface area contributed by atoms with Gasteiger partial charge in [0.15, 0.2) is 5.82 Å². The Balaban J connectivity index is 0.000000222. The van der Waals surface area contributed by atoms with Gasteiger partial charge in [0.2, 0.25) is 0 Å². The molecule has 10 nitrogen and oxygen atoms in total. The van der Waals surface area contributed by atoms with Gasteiger partial charge >= 0.3 is 11.9 Å². The first kappa shape index (κ1) is 48.7. The van der Waals surface area contributed by atoms with Crippen molar-refractivity contribution in [3.05, 3.63) is 171 Å². The van der Waals surface area contributed by atoms with Crippen molar-refractivity contribution in [1.82, 2.24) is 0 Å². The number of aryl methyl sites for hydroxylation is 1. The quantitative estimate of drug-likeness (QED) is 0.0437. The summed E-state index contributed by atoms with van der Waals surface area (Å²) in [5, 5.41) is 18.2. The molecule has 1 fully saturated rings. The predicted molar refractivity (Wildman–Crippen MR) is 245 cm³/mol. The summed E-state index contributed by atoms with van der Waals surface area (Å²) >= 11 is 0. The van der Waals surface area contributed by atoms with Crippen LogP contribution < -0.4 is 26.7 Å². The molecular weight excluding hydrogens is 855 g/mol. The van der Waals surface area contributed by atoms with Crippen LogP contribution in [0.15, 0.2) is 109 Å². The normalized spacial score (nSPS) is 14.2. The zero-order valence-electron chi connectivity index (χ0n) is 36.7. The number of carboxylic acids is 2. The summed E-state index contributed by atoms with van der Waals surface area (Å²) in [6.45, 7) is 3.78. The van der Waals surface area contributed by atoms with Crippen molar-refractivity contribution in [2.24, 2.45) is 11.5 Å². The second-order valence-corrected chi connectivity index (χ2v) is 16.2. The van der Waals surface area contributed by atoms with Gasteiger partial charge in [0, 0.05) is 63.2 Å². The smallest absolute Gasteiger partial charge is 0.307 e. The van der Waals surface area contributed by atoms with Crippen LogP contribution in [0.2, 0.25) is 0 Å². The molecule has 0 radical (unpaired) electrons. The molecule has 6 aromatic carbocycles. The molecule has 1 aliphatic heterocycles. The zero-order chi connectivity index (χ0) is 47.5. The second-order valence-electron chi connectivity index (χ2n) is 16.2. The Labute approximate surface area is 380 Å². The van der Waals surface area contributed by atoms with Gasteiger partial charge in [-0.1, -0.05) is 72.8 Å². The number of nitrogens with two attached hydrogens (primary N) is 3. The van der Waals surface area contributed by atoms with Gasteiger partial charge in [-0.15, -0.1) is 0 Å². The number of hydrogen-bond donors (Lipinski definition) is 5. The molecule has 3 atom stereocenters. The summed E-state index contributed by atoms with van der Waals surface area (Å²) in [7, 11) is 0. The summed E-state index contributed by atoms with van der Waals surface area (Å²) in [5.41, 5.74) is 21.5. The number of carbonyl (C=O) groups is 2. The van der Waals surface area contributed by atoms with Gasteiger partial charge in [0.1, 0.15) is 42.2 Å². The summed E-state index contributed by atoms with van der Waals surface area (Å²) in [5.74, 6) is -3.29. The van der Waals surface area contributed by atoms with E-state index in [0.717, 1.165) is 19.4 Å². The van der Waals surface area contributed by atoms with Crippen LogP contribution in [0.4, 0.5) is 23.2 Å². The lowest BCUT2D eigenvalue weighted by Gasteiger charge is -2.17. The van der Waals surface area contributed by atoms with Crippen molar-refractivity contribution >= 4 is 17.6 Å². The topological polar surface area (TPSA) is 180 Å². The van der Waals surface area contributed by atoms with Crippen LogP contribution in [0.3, 0.4) is 0 Å². The Morgan fingerprint density at radius 2 is 1.11 bits per heavy atom. The van der Waals surface area contributed by atoms with Gasteiger partial charge in [0.05, 0.1) is 24.6 Å². The number of nitrogen functional groups attached to an aromatic ring is 1. The number of aliphatic carboxylic acids is 2. The maximum atomic E-state index is 15.6. The minimum absolute atomic E-state index is 0.0915. The van der Waals surface area contributed by atoms with Gasteiger partial charge < -0.3 is 41.6 Å². The molecular formula is C52H53F4N3O7. The molecule has 66 heavy (non-hydrogen) atoms. The molecule has 0 spiro atoms. The molecule has 1 heterocycles. The zero-order valence-corrected chi connectivity index (χ0v) is 36.7. The van der Waals surface area contributed by atoms with Crippen LogP contribution >= 0.6 is 0 Å². The maximum absolute atomic E-state index is 15.6. The van der Waals surface area contributed by atoms with Crippen molar-refractivity contribution in [3.8, 4) is 33.8 Å². The molecule has 0 aliphatic carbocycles. The van der Waals surface area contributed by atoms with Crippen LogP contribution in [-0.2, 0) is 46.8 Å². The van der Waals surface area contributed by atoms with Gasteiger partial charge in [-0.2, -0.15) is 0 Å². The number of halogens is 4. The van der Waals surface area contributed by atoms with Crippen molar-refractivity contribution in [2.45, 2.75) is 83.8 Å². The monoisotopic (exact) mass is 907 g/mol. The van der Waals surface area contributed by atoms with E-state index in [0.29, 0.717) is 68.8 Å². The van der Waals surface area contributed by atoms with Gasteiger partial charge in [0.25, 0.3) is 0 Å². The van der Waals surface area contributed by atoms with Crippen LogP contribution in [-0.4, -0.2) is 34.9 Å². The number of anilines is 1. The first-order valence-corrected chi connectivity index (χ1v) is 21.6. The Hall–Kier alpha value is -6.74. The molecule has 8 N–H and O–H groups in total. The van der Waals surface area contributed by atoms with E-state index in [1.165, 1.54) is 12.1 Å². The van der Waals surface area contributed by atoms with Crippen LogP contribution in [0.25, 0.3) is 22.3 Å². The third-order valence-corrected chi connectivity index (χ3v) is 11.2. The van der Waals surface area contributed by atoms with E-state index >= 15 is 8.78 Å². The van der Waals surface area contributed by atoms with E-state index in [1.807, 2.05) is 0 Å². The average molecular weight is 908 g/mol. The van der Waals surface area contributed by atoms with Crippen LogP contribution in [0, 0.1) is 23.3 Å². The van der Waals surface area contributed by atoms with Crippen LogP contribution in [0.1, 0.15) is 84.1 Å². The van der Waals surface area contributed by atoms with E-state index in [1.54, 1.807) is 111 Å². The van der Waals surface area contributed by atoms with Crippen molar-refractivity contribution in [3.63, 3.8) is 0 Å². The van der Waals surface area contributed by atoms with Crippen molar-refractivity contribution in [1.29, 1.82) is 0 Å². The first-order chi connectivity index (χ1) is 31.6. The summed E-state index contributed by atoms with van der Waals surface area (Å²) in [6, 6.07) is 28.4. The number of hydrogen-bond acceptors (Lipinski definition) is 8. The van der Waals surface area contributed by atoms with Gasteiger partial charge in [-0.05, 0) is 92.6 Å². The molecule has 1 unspecified atom stereocenters. The molecule has 0 bridgehead atoms. The molecule has 0 saturated carbocycles. The highest BCUT2D eigenvalue weighted by Gasteiger charge is 2.22. The van der Waals surface area contributed by atoms with Crippen molar-refractivity contribution in [2.75, 3.05) is 12.3 Å². The fourth-order valence-electron chi connectivity index (χ4n) is 7.82. The molecule has 1 aliphatic rings. The number of rotatable bonds is 17. The highest BCUT2D eigenvalue weighted by Crippen LogP contribution is 2.34. The van der Waals surface area contributed by atoms with E-state index in [-0.39, 0.29) is 54.5 Å². The fraction of sp³-hybridized carbons (Fsp3) is 0.269. The summed E-state index contributed by atoms with van der Waals surface area (Å²) < 4.78 is 77.7. The molecule has 14 heteroatoms. The van der Waals surface area contributed by atoms with E-state index < -0.39 is 47.3 Å². The van der Waals surface area contributed by atoms with E-state index in [4.69, 9.17) is 36.5 Å². The molecule has 0 amide bonds. The Kier molecular flexibility index (Phi) is 16.6. The van der Waals surface area contributed by atoms with Gasteiger partial charge in [-0.3, -0.25) is 9.59 Å². The van der Waals surface area contributed by atoms with E-state index in [2.05, 4.69) is 0 Å². The van der Waals surface area contributed by atoms with Gasteiger partial charge in [-0.25, -0.2) is 17.6 Å². The molecule has 0 aromatic heterocycles. The Morgan fingerprint density at radius 1 is 0.636 bits per heavy atom. The number of benzene rings is 6. The SMILES string of the molecule is C[C@@H](N)c1cccc(-c2cc(CCC3CCCO3)c(F)c(COc3ccccc3CC(=O)O)c2)c1F.C[C@@H](N)c1cccc(-c2cc(N)c(F)c(COc3ccccc3CC(=O)O)c2)c1F. The van der Waals surface area contributed by atoms with E-state index in [9.17, 15) is 23.5 Å². The standard InChI is InChI=1S/C29H31F2NO4.C23H22F2N2O3/c1-18(32)24-8-4-9-25(29(24)31)21-14-20(11-12-23-7-5-13-35-23)28(30)22(15-21)17-36-26-10-3-2-6-19(26)16-27(33)34;1-13(26)17-6-4-7-18(23(17)25)15-9-16(22(24)19(27)10-15)12-30-20-8-3-2-5-14(20)11-21(28)29/h2-4,6,8-10,14-15,18,23H,5,7,11-13,16-17,32H2,1H3,(H,33,34);2-10,13H,11-12,26-27H2,1H3,(H,28,29)/t18-,23?;13-/m11/s1. The molecule has 7 rings (SSSR count). The lowest BCUT2D eigenvalue weighted by molar-refractivity contribution is -0.137. The number of carboxylic acid groups (broad SMARTS) is 2. The molecule has 1 saturated heterocycles. The summed E-state index contributed by atoms with van der Waals surface area (Å²) in [4.78, 5) is 22.2. The average Bonchev–Trinajstić information content (AvgIpc) is 3.81. The highest BCUT2D eigenvalue weighted by molar-refractivity contribution is 5.73. The van der Waals surface area contributed by atoms with Crippen molar-refractivity contribution < 1.29 is 51.6 Å². The maximum Gasteiger partial charge on any atom is 0.307 e. The molecule has 346 valence electrons. The predicted octanol–water partition coefficient (Wildman–Crippen LogP) is 10.4. The molecule has 6 aromatic rings. The third-order valence-electron chi connectivity index (χ3n) is 11.2. The largest absolute Gasteiger partial charge is 0.488 e. The fourth-order valence-corrected chi connectivity index (χ4v) is 7.82. The number of para-hydroxylation sites is 2. The lowest BCUT2D eigenvalue weighted by atomic mass is 9.94. The Bertz CT molecular complexity index is 2670. The first-order valence-electron chi connectivity index (χ1n) is 21.6. The number of ether oxygens (including phenoxy) is 3. The Morgan fingerprint density at radius 3 is 1.58 bits per heavy atom. The summed E-state index contributed by atoms with van der Waals surface area (Å²) in [6.07, 6.45) is 2.72. The second kappa shape index (κ2) is 22.4. The van der Waals surface area contributed by atoms with Crippen LogP contribution in [0.5, 0.6) is 11.5 Å². The highest BCUT2D eigenvalue weighted by atomic mass is 19.1. The minimum Gasteiger partial charge on any atom is -0.488 e. The third kappa shape index (κ3) is 12.3. The lowest BCUT2D eigenvalue weighted by Crippen LogP contribution is -2.10. The minimum atomic E-state index is -1.01.